The van der Waals surface area contributed by atoms with Crippen LogP contribution in [0, 0.1) is 0 Å². The van der Waals surface area contributed by atoms with Gasteiger partial charge in [0, 0.05) is 26.0 Å². The van der Waals surface area contributed by atoms with E-state index in [-0.39, 0.29) is 6.54 Å². The second-order valence-electron chi connectivity index (χ2n) is 4.51. The quantitative estimate of drug-likeness (QED) is 0.680. The molecule has 4 nitrogen and oxygen atoms in total. The molecule has 0 radical (unpaired) electrons. The minimum absolute atomic E-state index is 0.210. The van der Waals surface area contributed by atoms with Crippen LogP contribution in [-0.4, -0.2) is 29.9 Å². The number of nitrogens with one attached hydrogen (secondary N) is 1. The third kappa shape index (κ3) is 4.44. The van der Waals surface area contributed by atoms with Crippen LogP contribution in [0.1, 0.15) is 16.3 Å². The molecule has 9 heteroatoms. The van der Waals surface area contributed by atoms with Gasteiger partial charge in [0.2, 0.25) is 0 Å². The van der Waals surface area contributed by atoms with E-state index in [1.165, 1.54) is 0 Å². The number of halogens is 3. The Kier molecular flexibility index (Phi) is 5.41. The summed E-state index contributed by atoms with van der Waals surface area (Å²) in [6.07, 6.45) is -4.40. The van der Waals surface area contributed by atoms with Crippen LogP contribution in [0.15, 0.2) is 27.2 Å². The lowest BCUT2D eigenvalue weighted by molar-refractivity contribution is -0.140. The molecule has 120 valence electrons. The first kappa shape index (κ1) is 16.8. The Morgan fingerprint density at radius 3 is 2.73 bits per heavy atom. The van der Waals surface area contributed by atoms with Crippen LogP contribution in [0.3, 0.4) is 0 Å². The second kappa shape index (κ2) is 7.10. The lowest BCUT2D eigenvalue weighted by Crippen LogP contribution is -2.37. The van der Waals surface area contributed by atoms with Crippen LogP contribution in [0.2, 0.25) is 0 Å². The minimum Gasteiger partial charge on any atom is -0.350 e. The monoisotopic (exact) mass is 348 g/mol. The SMILES string of the molecule is CN=C(NCc1nc(C(F)(F)F)cs1)N(C)Cc1ccsc1. The first-order valence-corrected chi connectivity index (χ1v) is 8.17. The van der Waals surface area contributed by atoms with Gasteiger partial charge in [0.05, 0.1) is 6.54 Å². The van der Waals surface area contributed by atoms with Gasteiger partial charge >= 0.3 is 6.18 Å². The Balaban J connectivity index is 1.92. The molecule has 0 unspecified atom stereocenters. The molecule has 2 aromatic rings. The van der Waals surface area contributed by atoms with Crippen LogP contribution < -0.4 is 5.32 Å². The average Bonchev–Trinajstić information content (AvgIpc) is 3.09. The third-order valence-electron chi connectivity index (χ3n) is 2.81. The van der Waals surface area contributed by atoms with Gasteiger partial charge in [-0.1, -0.05) is 0 Å². The molecule has 0 bridgehead atoms. The van der Waals surface area contributed by atoms with Crippen LogP contribution in [0.25, 0.3) is 0 Å². The summed E-state index contributed by atoms with van der Waals surface area (Å²) in [5.41, 5.74) is 0.306. The zero-order valence-electron chi connectivity index (χ0n) is 12.0. The van der Waals surface area contributed by atoms with E-state index in [0.29, 0.717) is 17.5 Å². The number of thiazole rings is 1. The van der Waals surface area contributed by atoms with E-state index in [9.17, 15) is 13.2 Å². The fourth-order valence-corrected chi connectivity index (χ4v) is 3.19. The van der Waals surface area contributed by atoms with E-state index in [0.717, 1.165) is 22.3 Å². The first-order valence-electron chi connectivity index (χ1n) is 6.34. The highest BCUT2D eigenvalue weighted by Crippen LogP contribution is 2.29. The number of rotatable bonds is 4. The summed E-state index contributed by atoms with van der Waals surface area (Å²) in [5.74, 6) is 0.606. The smallest absolute Gasteiger partial charge is 0.350 e. The van der Waals surface area contributed by atoms with Crippen molar-refractivity contribution < 1.29 is 13.2 Å². The molecule has 0 amide bonds. The molecule has 2 aromatic heterocycles. The van der Waals surface area contributed by atoms with Crippen molar-refractivity contribution in [2.24, 2.45) is 4.99 Å². The van der Waals surface area contributed by atoms with Crippen molar-refractivity contribution in [3.05, 3.63) is 38.5 Å². The molecule has 2 heterocycles. The van der Waals surface area contributed by atoms with E-state index in [1.54, 1.807) is 18.4 Å². The predicted octanol–water partition coefficient (Wildman–Crippen LogP) is 3.43. The molecule has 0 spiro atoms. The van der Waals surface area contributed by atoms with Gasteiger partial charge in [-0.25, -0.2) is 4.98 Å². The highest BCUT2D eigenvalue weighted by atomic mass is 32.1. The molecule has 0 saturated heterocycles. The van der Waals surface area contributed by atoms with Crippen LogP contribution in [0.5, 0.6) is 0 Å². The molecule has 0 fully saturated rings. The van der Waals surface area contributed by atoms with E-state index in [2.05, 4.69) is 15.3 Å². The highest BCUT2D eigenvalue weighted by molar-refractivity contribution is 7.09. The van der Waals surface area contributed by atoms with Gasteiger partial charge in [-0.05, 0) is 22.4 Å². The maximum absolute atomic E-state index is 12.5. The van der Waals surface area contributed by atoms with Crippen molar-refractivity contribution in [2.45, 2.75) is 19.3 Å². The number of hydrogen-bond donors (Lipinski definition) is 1. The summed E-state index contributed by atoms with van der Waals surface area (Å²) >= 11 is 2.59. The summed E-state index contributed by atoms with van der Waals surface area (Å²) < 4.78 is 37.5. The highest BCUT2D eigenvalue weighted by Gasteiger charge is 2.33. The van der Waals surface area contributed by atoms with Crippen molar-refractivity contribution in [1.29, 1.82) is 0 Å². The fraction of sp³-hybridized carbons (Fsp3) is 0.385. The van der Waals surface area contributed by atoms with Crippen LogP contribution >= 0.6 is 22.7 Å². The molecule has 0 saturated carbocycles. The number of thiophene rings is 1. The van der Waals surface area contributed by atoms with E-state index in [1.807, 2.05) is 28.8 Å². The van der Waals surface area contributed by atoms with Crippen molar-refractivity contribution in [3.8, 4) is 0 Å². The lowest BCUT2D eigenvalue weighted by Gasteiger charge is -2.21. The van der Waals surface area contributed by atoms with Crippen molar-refractivity contribution >= 4 is 28.6 Å². The average molecular weight is 348 g/mol. The number of aliphatic imine (C=N–C) groups is 1. The minimum atomic E-state index is -4.40. The van der Waals surface area contributed by atoms with Gasteiger partial charge in [0.1, 0.15) is 5.01 Å². The first-order chi connectivity index (χ1) is 10.4. The maximum atomic E-state index is 12.5. The zero-order valence-corrected chi connectivity index (χ0v) is 13.6. The maximum Gasteiger partial charge on any atom is 0.434 e. The normalized spacial score (nSPS) is 12.5. The largest absolute Gasteiger partial charge is 0.434 e. The van der Waals surface area contributed by atoms with Crippen LogP contribution in [-0.2, 0) is 19.3 Å². The topological polar surface area (TPSA) is 40.5 Å². The van der Waals surface area contributed by atoms with Gasteiger partial charge in [-0.2, -0.15) is 24.5 Å². The Morgan fingerprint density at radius 2 is 2.18 bits per heavy atom. The Bertz CT molecular complexity index is 620. The fourth-order valence-electron chi connectivity index (χ4n) is 1.79. The zero-order chi connectivity index (χ0) is 16.2. The Labute approximate surface area is 134 Å². The molecule has 1 N–H and O–H groups in total. The lowest BCUT2D eigenvalue weighted by atomic mass is 10.3. The summed E-state index contributed by atoms with van der Waals surface area (Å²) in [6, 6.07) is 2.02. The van der Waals surface area contributed by atoms with Gasteiger partial charge in [-0.3, -0.25) is 4.99 Å². The molecular weight excluding hydrogens is 333 g/mol. The molecular formula is C13H15F3N4S2. The predicted molar refractivity (Wildman–Crippen MR) is 83.1 cm³/mol. The number of aromatic nitrogens is 1. The molecule has 0 aliphatic heterocycles. The molecule has 2 rings (SSSR count). The second-order valence-corrected chi connectivity index (χ2v) is 6.24. The molecule has 0 aliphatic rings. The van der Waals surface area contributed by atoms with Crippen molar-refractivity contribution in [1.82, 2.24) is 15.2 Å². The van der Waals surface area contributed by atoms with Gasteiger partial charge < -0.3 is 10.2 Å². The standard InChI is InChI=1S/C13H15F3N4S2/c1-17-12(20(2)6-9-3-4-21-7-9)18-5-11-19-10(8-22-11)13(14,15)16/h3-4,7-8H,5-6H2,1-2H3,(H,17,18). The van der Waals surface area contributed by atoms with Crippen molar-refractivity contribution in [3.63, 3.8) is 0 Å². The molecule has 22 heavy (non-hydrogen) atoms. The molecule has 0 aromatic carbocycles. The summed E-state index contributed by atoms with van der Waals surface area (Å²) in [5, 5.41) is 8.45. The number of hydrogen-bond acceptors (Lipinski definition) is 4. The number of alkyl halides is 3. The van der Waals surface area contributed by atoms with Gasteiger partial charge in [-0.15, -0.1) is 11.3 Å². The number of guanidine groups is 1. The Hall–Kier alpha value is -1.61. The Morgan fingerprint density at radius 1 is 1.41 bits per heavy atom. The molecule has 0 atom stereocenters. The summed E-state index contributed by atoms with van der Waals surface area (Å²) in [4.78, 5) is 9.61. The number of nitrogens with zero attached hydrogens (tertiary/aromatic N) is 3. The van der Waals surface area contributed by atoms with E-state index >= 15 is 0 Å². The summed E-state index contributed by atoms with van der Waals surface area (Å²) in [6.45, 7) is 0.885. The van der Waals surface area contributed by atoms with E-state index < -0.39 is 11.9 Å². The van der Waals surface area contributed by atoms with Gasteiger partial charge in [0.25, 0.3) is 0 Å². The third-order valence-corrected chi connectivity index (χ3v) is 4.39. The summed E-state index contributed by atoms with van der Waals surface area (Å²) in [7, 11) is 3.51. The van der Waals surface area contributed by atoms with E-state index in [4.69, 9.17) is 0 Å². The molecule has 0 aliphatic carbocycles. The van der Waals surface area contributed by atoms with Crippen LogP contribution in [0.4, 0.5) is 13.2 Å². The van der Waals surface area contributed by atoms with Crippen molar-refractivity contribution in [2.75, 3.05) is 14.1 Å². The van der Waals surface area contributed by atoms with Gasteiger partial charge in [0.15, 0.2) is 11.7 Å².